The van der Waals surface area contributed by atoms with Crippen molar-refractivity contribution >= 4 is 23.8 Å². The minimum Gasteiger partial charge on any atom is -0.469 e. The Morgan fingerprint density at radius 3 is 2.31 bits per heavy atom. The lowest BCUT2D eigenvalue weighted by atomic mass is 9.81. The summed E-state index contributed by atoms with van der Waals surface area (Å²) in [5, 5.41) is 0. The van der Waals surface area contributed by atoms with Crippen LogP contribution in [-0.2, 0) is 19.1 Å². The normalized spacial score (nSPS) is 23.7. The van der Waals surface area contributed by atoms with Crippen molar-refractivity contribution < 1.29 is 23.9 Å². The standard InChI is InChI=1S/C18H27N3O5/c1-19-17(25)21(16(24)18(19)8-4-3-5-9-18)12-14(22)20-10-6-13(7-11-20)15(23)26-2/h13H,3-12H2,1-2H3. The maximum atomic E-state index is 12.9. The van der Waals surface area contributed by atoms with Crippen LogP contribution in [0.2, 0.25) is 0 Å². The number of hydrogen-bond acceptors (Lipinski definition) is 5. The molecule has 2 heterocycles. The van der Waals surface area contributed by atoms with E-state index in [9.17, 15) is 19.2 Å². The van der Waals surface area contributed by atoms with Gasteiger partial charge in [-0.15, -0.1) is 0 Å². The molecule has 4 amide bonds. The van der Waals surface area contributed by atoms with Gasteiger partial charge in [-0.3, -0.25) is 19.3 Å². The Balaban J connectivity index is 1.62. The van der Waals surface area contributed by atoms with Gasteiger partial charge in [0.2, 0.25) is 5.91 Å². The smallest absolute Gasteiger partial charge is 0.327 e. The lowest BCUT2D eigenvalue weighted by Gasteiger charge is -2.36. The zero-order valence-corrected chi connectivity index (χ0v) is 15.5. The number of urea groups is 1. The Kier molecular flexibility index (Phi) is 5.20. The predicted octanol–water partition coefficient (Wildman–Crippen LogP) is 0.995. The minimum atomic E-state index is -0.756. The summed E-state index contributed by atoms with van der Waals surface area (Å²) < 4.78 is 4.75. The third-order valence-corrected chi connectivity index (χ3v) is 6.16. The van der Waals surface area contributed by atoms with Crippen LogP contribution in [-0.4, -0.2) is 77.8 Å². The molecule has 1 saturated carbocycles. The molecule has 1 aliphatic carbocycles. The SMILES string of the molecule is COC(=O)C1CCN(C(=O)CN2C(=O)N(C)C3(CCCCC3)C2=O)CC1. The molecule has 0 aromatic carbocycles. The fourth-order valence-electron chi connectivity index (χ4n) is 4.44. The van der Waals surface area contributed by atoms with E-state index in [1.54, 1.807) is 11.9 Å². The monoisotopic (exact) mass is 365 g/mol. The number of hydrogen-bond donors (Lipinski definition) is 0. The summed E-state index contributed by atoms with van der Waals surface area (Å²) in [6.07, 6.45) is 5.35. The van der Waals surface area contributed by atoms with Gasteiger partial charge in [-0.2, -0.15) is 0 Å². The number of carbonyl (C=O) groups excluding carboxylic acids is 4. The molecule has 1 spiro atoms. The first-order valence-electron chi connectivity index (χ1n) is 9.36. The highest BCUT2D eigenvalue weighted by molar-refractivity contribution is 6.08. The minimum absolute atomic E-state index is 0.184. The van der Waals surface area contributed by atoms with Crippen molar-refractivity contribution in [3.05, 3.63) is 0 Å². The second-order valence-corrected chi connectivity index (χ2v) is 7.50. The van der Waals surface area contributed by atoms with Crippen molar-refractivity contribution in [1.29, 1.82) is 0 Å². The van der Waals surface area contributed by atoms with Crippen LogP contribution in [0.5, 0.6) is 0 Å². The zero-order valence-electron chi connectivity index (χ0n) is 15.5. The molecule has 0 aromatic rings. The topological polar surface area (TPSA) is 87.2 Å². The molecule has 26 heavy (non-hydrogen) atoms. The number of esters is 1. The molecule has 3 aliphatic rings. The fourth-order valence-corrected chi connectivity index (χ4v) is 4.44. The van der Waals surface area contributed by atoms with Gasteiger partial charge >= 0.3 is 12.0 Å². The molecule has 2 aliphatic heterocycles. The van der Waals surface area contributed by atoms with Crippen molar-refractivity contribution in [2.75, 3.05) is 33.8 Å². The number of methoxy groups -OCH3 is 1. The number of rotatable bonds is 3. The average molecular weight is 365 g/mol. The largest absolute Gasteiger partial charge is 0.469 e. The van der Waals surface area contributed by atoms with E-state index in [4.69, 9.17) is 4.74 Å². The molecule has 0 aromatic heterocycles. The van der Waals surface area contributed by atoms with Crippen molar-refractivity contribution in [1.82, 2.24) is 14.7 Å². The third kappa shape index (κ3) is 3.05. The van der Waals surface area contributed by atoms with Crippen molar-refractivity contribution in [3.8, 4) is 0 Å². The summed E-state index contributed by atoms with van der Waals surface area (Å²) in [6, 6.07) is -0.380. The number of nitrogens with zero attached hydrogens (tertiary/aromatic N) is 3. The van der Waals surface area contributed by atoms with Crippen molar-refractivity contribution in [3.63, 3.8) is 0 Å². The van der Waals surface area contributed by atoms with Crippen LogP contribution in [0.1, 0.15) is 44.9 Å². The van der Waals surface area contributed by atoms with Crippen molar-refractivity contribution in [2.45, 2.75) is 50.5 Å². The summed E-state index contributed by atoms with van der Waals surface area (Å²) in [5.74, 6) is -0.905. The van der Waals surface area contributed by atoms with Gasteiger partial charge in [0.1, 0.15) is 12.1 Å². The van der Waals surface area contributed by atoms with E-state index < -0.39 is 5.54 Å². The Hall–Kier alpha value is -2.12. The molecule has 0 atom stereocenters. The lowest BCUT2D eigenvalue weighted by molar-refractivity contribution is -0.149. The van der Waals surface area contributed by atoms with Gasteiger partial charge in [-0.05, 0) is 25.7 Å². The van der Waals surface area contributed by atoms with Gasteiger partial charge in [-0.25, -0.2) is 4.79 Å². The van der Waals surface area contributed by atoms with E-state index in [-0.39, 0.29) is 36.3 Å². The summed E-state index contributed by atoms with van der Waals surface area (Å²) in [7, 11) is 3.03. The molecule has 0 unspecified atom stereocenters. The highest BCUT2D eigenvalue weighted by atomic mass is 16.5. The van der Waals surface area contributed by atoms with Crippen LogP contribution in [0.25, 0.3) is 0 Å². The second-order valence-electron chi connectivity index (χ2n) is 7.50. The van der Waals surface area contributed by atoms with E-state index in [1.165, 1.54) is 12.0 Å². The summed E-state index contributed by atoms with van der Waals surface area (Å²) >= 11 is 0. The Morgan fingerprint density at radius 1 is 1.12 bits per heavy atom. The van der Waals surface area contributed by atoms with Gasteiger partial charge in [0.15, 0.2) is 0 Å². The number of carbonyl (C=O) groups is 4. The van der Waals surface area contributed by atoms with Crippen LogP contribution in [0, 0.1) is 5.92 Å². The number of likely N-dealkylation sites (tertiary alicyclic amines) is 1. The molecule has 2 saturated heterocycles. The molecule has 3 rings (SSSR count). The van der Waals surface area contributed by atoms with E-state index in [2.05, 4.69) is 0 Å². The van der Waals surface area contributed by atoms with Gasteiger partial charge in [-0.1, -0.05) is 19.3 Å². The molecule has 8 heteroatoms. The van der Waals surface area contributed by atoms with Crippen LogP contribution >= 0.6 is 0 Å². The van der Waals surface area contributed by atoms with Crippen LogP contribution in [0.3, 0.4) is 0 Å². The molecule has 3 fully saturated rings. The number of ether oxygens (including phenoxy) is 1. The van der Waals surface area contributed by atoms with Gasteiger partial charge in [0.25, 0.3) is 5.91 Å². The van der Waals surface area contributed by atoms with Gasteiger partial charge in [0, 0.05) is 20.1 Å². The number of likely N-dealkylation sites (N-methyl/N-ethyl adjacent to an activating group) is 1. The first kappa shape index (κ1) is 18.7. The van der Waals surface area contributed by atoms with Crippen LogP contribution in [0.15, 0.2) is 0 Å². The number of amides is 4. The Labute approximate surface area is 153 Å². The predicted molar refractivity (Wildman–Crippen MR) is 92.0 cm³/mol. The first-order chi connectivity index (χ1) is 12.4. The molecule has 0 radical (unpaired) electrons. The molecule has 8 nitrogen and oxygen atoms in total. The summed E-state index contributed by atoms with van der Waals surface area (Å²) in [5.41, 5.74) is -0.756. The van der Waals surface area contributed by atoms with E-state index in [0.717, 1.165) is 24.2 Å². The Morgan fingerprint density at radius 2 is 1.73 bits per heavy atom. The first-order valence-corrected chi connectivity index (χ1v) is 9.36. The van der Waals surface area contributed by atoms with Crippen molar-refractivity contribution in [2.24, 2.45) is 5.92 Å². The maximum absolute atomic E-state index is 12.9. The average Bonchev–Trinajstić information content (AvgIpc) is 2.84. The Bertz CT molecular complexity index is 606. The van der Waals surface area contributed by atoms with E-state index in [0.29, 0.717) is 38.8 Å². The molecule has 144 valence electrons. The number of piperidine rings is 1. The second kappa shape index (κ2) is 7.25. The van der Waals surface area contributed by atoms with E-state index >= 15 is 0 Å². The van der Waals surface area contributed by atoms with E-state index in [1.807, 2.05) is 0 Å². The lowest BCUT2D eigenvalue weighted by Crippen LogP contribution is -2.50. The van der Waals surface area contributed by atoms with Gasteiger partial charge in [0.05, 0.1) is 13.0 Å². The maximum Gasteiger partial charge on any atom is 0.327 e. The fraction of sp³-hybridized carbons (Fsp3) is 0.778. The molecule has 0 bridgehead atoms. The number of imide groups is 1. The summed E-state index contributed by atoms with van der Waals surface area (Å²) in [6.45, 7) is 0.665. The van der Waals surface area contributed by atoms with Crippen LogP contribution in [0.4, 0.5) is 4.79 Å². The quantitative estimate of drug-likeness (QED) is 0.550. The highest BCUT2D eigenvalue weighted by Gasteiger charge is 2.56. The molecule has 0 N–H and O–H groups in total. The zero-order chi connectivity index (χ0) is 18.9. The summed E-state index contributed by atoms with van der Waals surface area (Å²) in [4.78, 5) is 54.0. The van der Waals surface area contributed by atoms with Crippen LogP contribution < -0.4 is 0 Å². The third-order valence-electron chi connectivity index (χ3n) is 6.16. The molecular weight excluding hydrogens is 338 g/mol. The van der Waals surface area contributed by atoms with Gasteiger partial charge < -0.3 is 14.5 Å². The molecular formula is C18H27N3O5. The highest BCUT2D eigenvalue weighted by Crippen LogP contribution is 2.39.